The van der Waals surface area contributed by atoms with Crippen molar-refractivity contribution in [3.8, 4) is 29.3 Å². The van der Waals surface area contributed by atoms with Crippen LogP contribution in [0.15, 0.2) is 27.4 Å². The van der Waals surface area contributed by atoms with Crippen LogP contribution in [0.4, 0.5) is 0 Å². The lowest BCUT2D eigenvalue weighted by atomic mass is 9.98. The summed E-state index contributed by atoms with van der Waals surface area (Å²) >= 11 is 0. The van der Waals surface area contributed by atoms with E-state index in [0.29, 0.717) is 5.75 Å². The number of rotatable bonds is 9. The van der Waals surface area contributed by atoms with E-state index in [2.05, 4.69) is 12.0 Å². The molecule has 2 heterocycles. The van der Waals surface area contributed by atoms with Crippen molar-refractivity contribution >= 4 is 34.8 Å². The molecule has 1 fully saturated rings. The number of carbonyl (C=O) groups is 4. The van der Waals surface area contributed by atoms with Gasteiger partial charge in [-0.2, -0.15) is 0 Å². The number of ether oxygens (including phenoxy) is 8. The van der Waals surface area contributed by atoms with Gasteiger partial charge in [0.05, 0.1) is 12.5 Å². The molecule has 0 N–H and O–H groups in total. The molecule has 1 aromatic heterocycles. The molecule has 2 aromatic rings. The molecule has 1 aromatic carbocycles. The van der Waals surface area contributed by atoms with Gasteiger partial charge < -0.3 is 42.3 Å². The van der Waals surface area contributed by atoms with E-state index in [1.165, 1.54) is 26.2 Å². The van der Waals surface area contributed by atoms with Crippen LogP contribution in [0.25, 0.3) is 11.0 Å². The van der Waals surface area contributed by atoms with Crippen molar-refractivity contribution in [1.29, 1.82) is 0 Å². The van der Waals surface area contributed by atoms with E-state index in [0.717, 1.165) is 27.7 Å². The lowest BCUT2D eigenvalue weighted by Crippen LogP contribution is -2.63. The van der Waals surface area contributed by atoms with E-state index in [-0.39, 0.29) is 16.7 Å². The van der Waals surface area contributed by atoms with Crippen LogP contribution in [0.5, 0.6) is 17.2 Å². The quantitative estimate of drug-likeness (QED) is 0.182. The Kier molecular flexibility index (Phi) is 10.2. The third-order valence-corrected chi connectivity index (χ3v) is 5.47. The minimum absolute atomic E-state index is 0.0341. The average molecular weight is 577 g/mol. The van der Waals surface area contributed by atoms with E-state index in [1.807, 2.05) is 0 Å². The lowest BCUT2D eigenvalue weighted by molar-refractivity contribution is -0.288. The van der Waals surface area contributed by atoms with Crippen molar-refractivity contribution in [2.45, 2.75) is 65.3 Å². The molecule has 0 radical (unpaired) electrons. The van der Waals surface area contributed by atoms with Crippen LogP contribution in [-0.2, 0) is 42.9 Å². The number of hydrogen-bond acceptors (Lipinski definition) is 14. The Balaban J connectivity index is 2.21. The third kappa shape index (κ3) is 7.67. The summed E-state index contributed by atoms with van der Waals surface area (Å²) < 4.78 is 49.2. The van der Waals surface area contributed by atoms with Crippen molar-refractivity contribution in [2.24, 2.45) is 0 Å². The van der Waals surface area contributed by atoms with Crippen molar-refractivity contribution < 1.29 is 61.5 Å². The van der Waals surface area contributed by atoms with E-state index < -0.39 is 72.6 Å². The molecule has 1 aliphatic rings. The van der Waals surface area contributed by atoms with Gasteiger partial charge in [-0.25, -0.2) is 4.79 Å². The Morgan fingerprint density at radius 2 is 1.51 bits per heavy atom. The molecule has 0 unspecified atom stereocenters. The molecule has 14 heteroatoms. The molecule has 5 atom stereocenters. The molecule has 1 saturated heterocycles. The molecule has 1 aliphatic heterocycles. The molecule has 0 amide bonds. The number of methoxy groups -OCH3 is 1. The summed E-state index contributed by atoms with van der Waals surface area (Å²) in [5.74, 6) is -0.996. The summed E-state index contributed by atoms with van der Waals surface area (Å²) in [4.78, 5) is 60.7. The summed E-state index contributed by atoms with van der Waals surface area (Å²) in [5.41, 5.74) is -0.944. The summed E-state index contributed by atoms with van der Waals surface area (Å²) in [6, 6.07) is 4.48. The van der Waals surface area contributed by atoms with E-state index in [4.69, 9.17) is 42.3 Å². The average Bonchev–Trinajstić information content (AvgIpc) is 2.89. The molecule has 41 heavy (non-hydrogen) atoms. The van der Waals surface area contributed by atoms with Crippen LogP contribution in [-0.4, -0.2) is 68.3 Å². The van der Waals surface area contributed by atoms with Crippen LogP contribution in [0.3, 0.4) is 0 Å². The number of hydrogen-bond donors (Lipinski definition) is 0. The van der Waals surface area contributed by atoms with Gasteiger partial charge in [-0.05, 0) is 12.1 Å². The maximum absolute atomic E-state index is 12.9. The van der Waals surface area contributed by atoms with E-state index in [1.54, 1.807) is 6.07 Å². The molecule has 0 spiro atoms. The van der Waals surface area contributed by atoms with Gasteiger partial charge in [-0.1, -0.05) is 5.92 Å². The SMILES string of the molecule is CC#COc1c(O[C@@H]2O[C@H](COC(C)=O)[C@H](OC(C)=O)[C@H](OC(C)=O)[C@H]2OC(C)=O)c2ccc(OC)cc2oc1=O. The Hall–Kier alpha value is -4.77. The van der Waals surface area contributed by atoms with Crippen LogP contribution >= 0.6 is 0 Å². The molecule has 3 rings (SSSR count). The first kappa shape index (κ1) is 30.8. The Morgan fingerprint density at radius 3 is 2.10 bits per heavy atom. The highest BCUT2D eigenvalue weighted by atomic mass is 16.7. The third-order valence-electron chi connectivity index (χ3n) is 5.47. The normalized spacial score (nSPS) is 21.5. The monoisotopic (exact) mass is 576 g/mol. The van der Waals surface area contributed by atoms with Gasteiger partial charge >= 0.3 is 29.5 Å². The number of carbonyl (C=O) groups excluding carboxylic acids is 4. The predicted octanol–water partition coefficient (Wildman–Crippen LogP) is 1.62. The number of fused-ring (bicyclic) bond motifs is 1. The van der Waals surface area contributed by atoms with E-state index in [9.17, 15) is 24.0 Å². The molecule has 14 nitrogen and oxygen atoms in total. The van der Waals surface area contributed by atoms with Gasteiger partial charge in [0, 0.05) is 40.7 Å². The summed E-state index contributed by atoms with van der Waals surface area (Å²) in [5, 5.41) is 0.200. The van der Waals surface area contributed by atoms with Crippen LogP contribution < -0.4 is 19.8 Å². The zero-order valence-electron chi connectivity index (χ0n) is 23.0. The molecule has 0 bridgehead atoms. The topological polar surface area (TPSA) is 172 Å². The summed E-state index contributed by atoms with van der Waals surface area (Å²) in [6.45, 7) is 5.40. The molecule has 220 valence electrons. The van der Waals surface area contributed by atoms with Gasteiger partial charge in [0.25, 0.3) is 5.75 Å². The fourth-order valence-corrected chi connectivity index (χ4v) is 3.97. The van der Waals surface area contributed by atoms with Gasteiger partial charge in [0.1, 0.15) is 30.1 Å². The zero-order chi connectivity index (χ0) is 30.3. The standard InChI is InChI=1S/C27H28O14/c1-7-10-34-24-21(18-9-8-17(33-6)11-19(18)39-26(24)32)41-27-25(38-16(5)31)23(37-15(4)30)22(36-14(3)29)20(40-27)12-35-13(2)28/h8-9,11,20,22-23,25,27H,12H2,1-6H3/t20-,22+,23+,25-,27+/m1/s1. The number of esters is 4. The second kappa shape index (κ2) is 13.5. The van der Waals surface area contributed by atoms with Gasteiger partial charge in [0.15, 0.2) is 18.0 Å². The fourth-order valence-electron chi connectivity index (χ4n) is 3.97. The molecule has 0 saturated carbocycles. The second-order valence-electron chi connectivity index (χ2n) is 8.55. The minimum atomic E-state index is -1.64. The summed E-state index contributed by atoms with van der Waals surface area (Å²) in [6.07, 6.45) is -5.08. The van der Waals surface area contributed by atoms with Crippen molar-refractivity contribution in [2.75, 3.05) is 13.7 Å². The molecular formula is C27H28O14. The van der Waals surface area contributed by atoms with Crippen LogP contribution in [0.2, 0.25) is 0 Å². The van der Waals surface area contributed by atoms with Crippen molar-refractivity contribution in [1.82, 2.24) is 0 Å². The van der Waals surface area contributed by atoms with Crippen molar-refractivity contribution in [3.63, 3.8) is 0 Å². The highest BCUT2D eigenvalue weighted by molar-refractivity contribution is 5.86. The predicted molar refractivity (Wildman–Crippen MR) is 136 cm³/mol. The maximum Gasteiger partial charge on any atom is 0.384 e. The first-order chi connectivity index (χ1) is 19.4. The zero-order valence-corrected chi connectivity index (χ0v) is 23.0. The second-order valence-corrected chi connectivity index (χ2v) is 8.55. The minimum Gasteiger partial charge on any atom is -0.497 e. The van der Waals surface area contributed by atoms with Crippen LogP contribution in [0.1, 0.15) is 34.6 Å². The fraction of sp³-hybridized carbons (Fsp3) is 0.444. The van der Waals surface area contributed by atoms with E-state index >= 15 is 0 Å². The molecule has 0 aliphatic carbocycles. The van der Waals surface area contributed by atoms with Crippen molar-refractivity contribution in [3.05, 3.63) is 28.6 Å². The van der Waals surface area contributed by atoms with Gasteiger partial charge in [-0.15, -0.1) is 0 Å². The number of benzene rings is 1. The van der Waals surface area contributed by atoms with Gasteiger partial charge in [0.2, 0.25) is 12.4 Å². The first-order valence-corrected chi connectivity index (χ1v) is 12.2. The molecular weight excluding hydrogens is 548 g/mol. The summed E-state index contributed by atoms with van der Waals surface area (Å²) in [7, 11) is 1.42. The smallest absolute Gasteiger partial charge is 0.384 e. The Bertz CT molecular complexity index is 1430. The Labute approximate surface area is 233 Å². The first-order valence-electron chi connectivity index (χ1n) is 12.2. The largest absolute Gasteiger partial charge is 0.497 e. The lowest BCUT2D eigenvalue weighted by Gasteiger charge is -2.43. The van der Waals surface area contributed by atoms with Crippen LogP contribution in [0, 0.1) is 12.0 Å². The highest BCUT2D eigenvalue weighted by Gasteiger charge is 2.53. The maximum atomic E-state index is 12.9. The van der Waals surface area contributed by atoms with Gasteiger partial charge in [-0.3, -0.25) is 19.2 Å². The Morgan fingerprint density at radius 1 is 0.878 bits per heavy atom. The highest BCUT2D eigenvalue weighted by Crippen LogP contribution is 2.38.